The Hall–Kier alpha value is -4.08. The number of nitrogens with one attached hydrogen (secondary N) is 1. The fourth-order valence-electron chi connectivity index (χ4n) is 5.25. The summed E-state index contributed by atoms with van der Waals surface area (Å²) in [7, 11) is 1.63. The molecule has 1 aliphatic rings. The number of imidazole rings is 1. The molecule has 2 aromatic carbocycles. The Morgan fingerprint density at radius 2 is 1.90 bits per heavy atom. The Morgan fingerprint density at radius 1 is 1.02 bits per heavy atom. The van der Waals surface area contributed by atoms with E-state index in [0.717, 1.165) is 22.3 Å². The summed E-state index contributed by atoms with van der Waals surface area (Å²) in [6.45, 7) is 1.51. The van der Waals surface area contributed by atoms with Crippen LogP contribution in [0, 0.1) is 0 Å². The number of aromatic nitrogens is 3. The van der Waals surface area contributed by atoms with E-state index in [2.05, 4.69) is 10.3 Å². The zero-order chi connectivity index (χ0) is 27.5. The first-order chi connectivity index (χ1) is 19.5. The maximum Gasteiger partial charge on any atom is 0.280 e. The molecule has 9 heteroatoms. The highest BCUT2D eigenvalue weighted by Crippen LogP contribution is 2.35. The Kier molecular flexibility index (Phi) is 7.32. The van der Waals surface area contributed by atoms with Gasteiger partial charge in [0.25, 0.3) is 5.92 Å². The van der Waals surface area contributed by atoms with Crippen LogP contribution in [-0.4, -0.2) is 59.7 Å². The summed E-state index contributed by atoms with van der Waals surface area (Å²) in [5.74, 6) is -2.18. The lowest BCUT2D eigenvalue weighted by molar-refractivity contribution is -0.0431. The first-order valence-electron chi connectivity index (χ1n) is 13.4. The van der Waals surface area contributed by atoms with Gasteiger partial charge in [-0.2, -0.15) is 0 Å². The quantitative estimate of drug-likeness (QED) is 0.245. The molecular formula is C31H31F2N5O2. The fourth-order valence-corrected chi connectivity index (χ4v) is 5.25. The molecular weight excluding hydrogens is 512 g/mol. The molecule has 1 aliphatic heterocycles. The number of benzene rings is 2. The van der Waals surface area contributed by atoms with Gasteiger partial charge in [0.05, 0.1) is 48.0 Å². The number of piperidine rings is 1. The monoisotopic (exact) mass is 543 g/mol. The molecule has 0 amide bonds. The molecule has 0 bridgehead atoms. The van der Waals surface area contributed by atoms with Gasteiger partial charge in [-0.3, -0.25) is 4.40 Å². The molecule has 7 nitrogen and oxygen atoms in total. The van der Waals surface area contributed by atoms with Crippen molar-refractivity contribution in [2.24, 2.45) is 0 Å². The number of methoxy groups -OCH3 is 1. The molecule has 5 aromatic rings. The van der Waals surface area contributed by atoms with Crippen LogP contribution >= 0.6 is 0 Å². The Labute approximate surface area is 231 Å². The third-order valence-corrected chi connectivity index (χ3v) is 7.34. The van der Waals surface area contributed by atoms with Gasteiger partial charge >= 0.3 is 0 Å². The van der Waals surface area contributed by atoms with Crippen LogP contribution in [0.1, 0.15) is 12.0 Å². The number of pyridine rings is 2. The van der Waals surface area contributed by atoms with Gasteiger partial charge in [-0.25, -0.2) is 18.7 Å². The molecule has 1 unspecified atom stereocenters. The topological polar surface area (TPSA) is 63.9 Å². The van der Waals surface area contributed by atoms with Gasteiger partial charge in [0, 0.05) is 37.8 Å². The van der Waals surface area contributed by atoms with E-state index < -0.39 is 12.0 Å². The number of alkyl halides is 2. The van der Waals surface area contributed by atoms with Gasteiger partial charge in [0.15, 0.2) is 0 Å². The number of hydrogen-bond donors (Lipinski definition) is 1. The molecule has 3 aromatic heterocycles. The van der Waals surface area contributed by atoms with E-state index in [1.165, 1.54) is 0 Å². The third-order valence-electron chi connectivity index (χ3n) is 7.34. The average molecular weight is 544 g/mol. The number of anilines is 1. The number of ether oxygens (including phenoxy) is 2. The van der Waals surface area contributed by atoms with Crippen LogP contribution in [0.2, 0.25) is 0 Å². The third kappa shape index (κ3) is 5.35. The van der Waals surface area contributed by atoms with Crippen molar-refractivity contribution in [1.29, 1.82) is 0 Å². The van der Waals surface area contributed by atoms with Crippen LogP contribution in [0.5, 0.6) is 5.75 Å². The van der Waals surface area contributed by atoms with E-state index in [1.807, 2.05) is 83.4 Å². The lowest BCUT2D eigenvalue weighted by Gasteiger charge is -2.40. The standard InChI is InChI=1S/C31H31F2N5O2/c1-39-16-17-40-24-12-15-38-27(20-35-29(38)18-24)25-11-10-23-8-5-9-26(30(23)36-25)37-14-13-28(31(32,33)21-37)34-19-22-6-3-2-4-7-22/h2-12,15,18,20,28,34H,13-14,16-17,19,21H2,1H3. The Morgan fingerprint density at radius 3 is 2.73 bits per heavy atom. The van der Waals surface area contributed by atoms with E-state index in [-0.39, 0.29) is 6.54 Å². The van der Waals surface area contributed by atoms with E-state index in [0.29, 0.717) is 55.4 Å². The normalized spacial score (nSPS) is 17.0. The maximum absolute atomic E-state index is 15.4. The number of para-hydroxylation sites is 1. The summed E-state index contributed by atoms with van der Waals surface area (Å²) >= 11 is 0. The van der Waals surface area contributed by atoms with Crippen LogP contribution in [-0.2, 0) is 11.3 Å². The van der Waals surface area contributed by atoms with Crippen molar-refractivity contribution < 1.29 is 18.3 Å². The Bertz CT molecular complexity index is 1610. The van der Waals surface area contributed by atoms with Crippen LogP contribution in [0.25, 0.3) is 27.9 Å². The van der Waals surface area contributed by atoms with Gasteiger partial charge in [0.2, 0.25) is 0 Å². The van der Waals surface area contributed by atoms with Crippen LogP contribution in [0.3, 0.4) is 0 Å². The van der Waals surface area contributed by atoms with Gasteiger partial charge in [0.1, 0.15) is 18.0 Å². The number of nitrogens with zero attached hydrogens (tertiary/aromatic N) is 4. The van der Waals surface area contributed by atoms with Crippen molar-refractivity contribution in [2.75, 3.05) is 38.3 Å². The molecule has 6 rings (SSSR count). The van der Waals surface area contributed by atoms with E-state index in [9.17, 15) is 0 Å². The Balaban J connectivity index is 1.24. The fraction of sp³-hybridized carbons (Fsp3) is 0.290. The summed E-state index contributed by atoms with van der Waals surface area (Å²) < 4.78 is 43.4. The van der Waals surface area contributed by atoms with Crippen LogP contribution in [0.15, 0.2) is 85.2 Å². The minimum Gasteiger partial charge on any atom is -0.491 e. The number of halogens is 2. The summed E-state index contributed by atoms with van der Waals surface area (Å²) in [5.41, 5.74) is 4.65. The van der Waals surface area contributed by atoms with Gasteiger partial charge in [-0.05, 0) is 30.2 Å². The lowest BCUT2D eigenvalue weighted by atomic mass is 9.99. The van der Waals surface area contributed by atoms with Crippen molar-refractivity contribution in [2.45, 2.75) is 24.9 Å². The van der Waals surface area contributed by atoms with Crippen LogP contribution in [0.4, 0.5) is 14.5 Å². The number of hydrogen-bond acceptors (Lipinski definition) is 6. The summed E-state index contributed by atoms with van der Waals surface area (Å²) in [4.78, 5) is 11.3. The van der Waals surface area contributed by atoms with Crippen molar-refractivity contribution in [3.63, 3.8) is 0 Å². The second kappa shape index (κ2) is 11.2. The lowest BCUT2D eigenvalue weighted by Crippen LogP contribution is -2.57. The van der Waals surface area contributed by atoms with E-state index >= 15 is 8.78 Å². The zero-order valence-corrected chi connectivity index (χ0v) is 22.3. The molecule has 1 saturated heterocycles. The highest BCUT2D eigenvalue weighted by Gasteiger charge is 2.44. The summed E-state index contributed by atoms with van der Waals surface area (Å²) in [5, 5.41) is 3.98. The molecule has 1 atom stereocenters. The average Bonchev–Trinajstić information content (AvgIpc) is 3.39. The predicted molar refractivity (Wildman–Crippen MR) is 152 cm³/mol. The van der Waals surface area contributed by atoms with Gasteiger partial charge in [-0.15, -0.1) is 0 Å². The van der Waals surface area contributed by atoms with Crippen LogP contribution < -0.4 is 15.0 Å². The molecule has 0 radical (unpaired) electrons. The molecule has 0 aliphatic carbocycles. The number of rotatable bonds is 9. The second-order valence-corrected chi connectivity index (χ2v) is 10.0. The molecule has 206 valence electrons. The minimum atomic E-state index is -2.89. The van der Waals surface area contributed by atoms with Gasteiger partial charge in [-0.1, -0.05) is 48.5 Å². The first-order valence-corrected chi connectivity index (χ1v) is 13.4. The first kappa shape index (κ1) is 26.2. The molecule has 0 saturated carbocycles. The van der Waals surface area contributed by atoms with Crippen molar-refractivity contribution in [3.05, 3.63) is 90.8 Å². The van der Waals surface area contributed by atoms with Gasteiger partial charge < -0.3 is 19.7 Å². The van der Waals surface area contributed by atoms with Crippen molar-refractivity contribution in [3.8, 4) is 17.1 Å². The largest absolute Gasteiger partial charge is 0.491 e. The molecule has 4 heterocycles. The number of fused-ring (bicyclic) bond motifs is 2. The van der Waals surface area contributed by atoms with Crippen molar-refractivity contribution in [1.82, 2.24) is 19.7 Å². The van der Waals surface area contributed by atoms with E-state index in [4.69, 9.17) is 14.5 Å². The molecule has 0 spiro atoms. The predicted octanol–water partition coefficient (Wildman–Crippen LogP) is 5.58. The zero-order valence-electron chi connectivity index (χ0n) is 22.3. The molecule has 40 heavy (non-hydrogen) atoms. The highest BCUT2D eigenvalue weighted by molar-refractivity contribution is 5.92. The second-order valence-electron chi connectivity index (χ2n) is 10.0. The summed E-state index contributed by atoms with van der Waals surface area (Å²) in [6.07, 6.45) is 3.99. The smallest absolute Gasteiger partial charge is 0.280 e. The SMILES string of the molecule is COCCOc1ccn2c(-c3ccc4cccc(N5CCC(NCc6ccccc6)C(F)(F)C5)c4n3)cnc2c1. The highest BCUT2D eigenvalue weighted by atomic mass is 19.3. The minimum absolute atomic E-state index is 0.331. The molecule has 1 fully saturated rings. The van der Waals surface area contributed by atoms with Crippen molar-refractivity contribution >= 4 is 22.2 Å². The van der Waals surface area contributed by atoms with E-state index in [1.54, 1.807) is 18.2 Å². The molecule has 1 N–H and O–H groups in total. The maximum atomic E-state index is 15.4. The summed E-state index contributed by atoms with van der Waals surface area (Å²) in [6, 6.07) is 22.2.